The lowest BCUT2D eigenvalue weighted by Crippen LogP contribution is -2.60. The molecule has 0 aliphatic carbocycles. The van der Waals surface area contributed by atoms with Crippen LogP contribution in [-0.2, 0) is 11.2 Å². The summed E-state index contributed by atoms with van der Waals surface area (Å²) in [6, 6.07) is 4.86. The molecule has 1 unspecified atom stereocenters. The molecule has 4 rings (SSSR count). The van der Waals surface area contributed by atoms with Crippen LogP contribution in [0.15, 0.2) is 29.4 Å². The molecule has 3 N–H and O–H groups in total. The number of benzene rings is 1. The zero-order valence-electron chi connectivity index (χ0n) is 17.0. The first-order chi connectivity index (χ1) is 14.2. The molecule has 1 aromatic carbocycles. The molecule has 0 saturated carbocycles. The van der Waals surface area contributed by atoms with Gasteiger partial charge in [-0.1, -0.05) is 0 Å². The largest absolute Gasteiger partial charge is 0.379 e. The van der Waals surface area contributed by atoms with Crippen LogP contribution in [0.1, 0.15) is 12.0 Å². The molecule has 2 fully saturated rings. The second-order valence-corrected chi connectivity index (χ2v) is 8.84. The van der Waals surface area contributed by atoms with Crippen LogP contribution in [0.2, 0.25) is 0 Å². The van der Waals surface area contributed by atoms with Gasteiger partial charge in [-0.15, -0.1) is 0 Å². The molecule has 0 bridgehead atoms. The Morgan fingerprint density at radius 3 is 2.97 bits per heavy atom. The van der Waals surface area contributed by atoms with Crippen molar-refractivity contribution >= 4 is 28.6 Å². The first-order valence-corrected chi connectivity index (χ1v) is 11.5. The van der Waals surface area contributed by atoms with Gasteiger partial charge in [-0.25, -0.2) is 4.39 Å². The van der Waals surface area contributed by atoms with Crippen molar-refractivity contribution in [3.63, 3.8) is 0 Å². The Bertz CT molecular complexity index is 843. The number of guanidine groups is 1. The summed E-state index contributed by atoms with van der Waals surface area (Å²) in [5, 5.41) is 7.91. The molecular formula is C21H30FN5OS. The van der Waals surface area contributed by atoms with E-state index >= 15 is 0 Å². The van der Waals surface area contributed by atoms with E-state index in [2.05, 4.69) is 25.5 Å². The van der Waals surface area contributed by atoms with Crippen molar-refractivity contribution in [3.8, 4) is 0 Å². The van der Waals surface area contributed by atoms with Gasteiger partial charge in [-0.05, 0) is 42.4 Å². The Hall–Kier alpha value is -1.77. The summed E-state index contributed by atoms with van der Waals surface area (Å²) < 4.78 is 19.1. The minimum absolute atomic E-state index is 0.181. The summed E-state index contributed by atoms with van der Waals surface area (Å²) in [5.74, 6) is 2.98. The number of hydrogen-bond donors (Lipinski definition) is 3. The van der Waals surface area contributed by atoms with Crippen LogP contribution in [0.3, 0.4) is 0 Å². The van der Waals surface area contributed by atoms with Gasteiger partial charge in [0.25, 0.3) is 0 Å². The third-order valence-corrected chi connectivity index (χ3v) is 7.22. The number of thioether (sulfide) groups is 1. The third-order valence-electron chi connectivity index (χ3n) is 5.99. The summed E-state index contributed by atoms with van der Waals surface area (Å²) in [6.07, 6.45) is 3.96. The van der Waals surface area contributed by atoms with Crippen molar-refractivity contribution in [1.82, 2.24) is 20.5 Å². The van der Waals surface area contributed by atoms with Gasteiger partial charge in [0.05, 0.1) is 13.2 Å². The molecule has 2 aliphatic rings. The molecule has 2 saturated heterocycles. The van der Waals surface area contributed by atoms with Gasteiger partial charge >= 0.3 is 0 Å². The van der Waals surface area contributed by atoms with E-state index in [-0.39, 0.29) is 11.4 Å². The Labute approximate surface area is 175 Å². The van der Waals surface area contributed by atoms with E-state index in [1.807, 2.05) is 18.0 Å². The predicted molar refractivity (Wildman–Crippen MR) is 118 cm³/mol. The van der Waals surface area contributed by atoms with Gasteiger partial charge in [0, 0.05) is 61.6 Å². The molecule has 2 aromatic rings. The first kappa shape index (κ1) is 20.5. The summed E-state index contributed by atoms with van der Waals surface area (Å²) in [6.45, 7) is 5.28. The van der Waals surface area contributed by atoms with Crippen molar-refractivity contribution < 1.29 is 9.13 Å². The molecule has 8 heteroatoms. The van der Waals surface area contributed by atoms with Crippen molar-refractivity contribution in [1.29, 1.82) is 0 Å². The van der Waals surface area contributed by atoms with Gasteiger partial charge in [0.2, 0.25) is 0 Å². The summed E-state index contributed by atoms with van der Waals surface area (Å²) in [5.41, 5.74) is 2.26. The third kappa shape index (κ3) is 4.70. The summed E-state index contributed by atoms with van der Waals surface area (Å²) in [4.78, 5) is 10.2. The first-order valence-electron chi connectivity index (χ1n) is 10.3. The fraction of sp³-hybridized carbons (Fsp3) is 0.571. The number of nitrogens with zero attached hydrogens (tertiary/aromatic N) is 2. The van der Waals surface area contributed by atoms with Crippen LogP contribution in [-0.4, -0.2) is 79.3 Å². The molecule has 0 amide bonds. The number of fused-ring (bicyclic) bond motifs is 1. The number of H-pyrrole nitrogens is 1. The van der Waals surface area contributed by atoms with E-state index in [4.69, 9.17) is 4.74 Å². The van der Waals surface area contributed by atoms with Crippen LogP contribution >= 0.6 is 11.8 Å². The van der Waals surface area contributed by atoms with Gasteiger partial charge < -0.3 is 20.4 Å². The second kappa shape index (κ2) is 9.36. The number of halogens is 1. The Morgan fingerprint density at radius 1 is 1.34 bits per heavy atom. The number of aliphatic imine (C=N–C) groups is 1. The minimum Gasteiger partial charge on any atom is -0.379 e. The maximum atomic E-state index is 13.6. The van der Waals surface area contributed by atoms with Crippen molar-refractivity contribution in [2.45, 2.75) is 18.4 Å². The lowest BCUT2D eigenvalue weighted by Gasteiger charge is -2.43. The fourth-order valence-electron chi connectivity index (χ4n) is 4.28. The summed E-state index contributed by atoms with van der Waals surface area (Å²) >= 11 is 2.04. The number of hydrogen-bond acceptors (Lipinski definition) is 4. The van der Waals surface area contributed by atoms with E-state index in [1.54, 1.807) is 19.2 Å². The van der Waals surface area contributed by atoms with Gasteiger partial charge in [-0.3, -0.25) is 9.89 Å². The maximum Gasteiger partial charge on any atom is 0.191 e. The molecule has 3 heterocycles. The Kier molecular flexibility index (Phi) is 6.62. The standard InChI is InChI=1S/C21H30FN5OS/c1-23-20(24-6-4-16-13-25-19-3-2-17(22)12-18(16)19)26-14-21(5-11-29-15-21)27-7-9-28-10-8-27/h2-3,12-13,25H,4-11,14-15H2,1H3,(H2,23,24,26). The van der Waals surface area contributed by atoms with Gasteiger partial charge in [0.15, 0.2) is 5.96 Å². The lowest BCUT2D eigenvalue weighted by molar-refractivity contribution is -0.0120. The van der Waals surface area contributed by atoms with Crippen molar-refractivity contribution in [2.75, 3.05) is 57.9 Å². The smallest absolute Gasteiger partial charge is 0.191 e. The van der Waals surface area contributed by atoms with Crippen LogP contribution in [0.5, 0.6) is 0 Å². The molecule has 6 nitrogen and oxygen atoms in total. The highest BCUT2D eigenvalue weighted by Gasteiger charge is 2.40. The monoisotopic (exact) mass is 419 g/mol. The highest BCUT2D eigenvalue weighted by molar-refractivity contribution is 7.99. The second-order valence-electron chi connectivity index (χ2n) is 7.73. The Balaban J connectivity index is 1.31. The zero-order valence-corrected chi connectivity index (χ0v) is 17.8. The quantitative estimate of drug-likeness (QED) is 0.495. The van der Waals surface area contributed by atoms with E-state index in [0.717, 1.165) is 74.0 Å². The molecule has 1 aromatic heterocycles. The highest BCUT2D eigenvalue weighted by atomic mass is 32.2. The molecular weight excluding hydrogens is 389 g/mol. The van der Waals surface area contributed by atoms with Crippen LogP contribution in [0.25, 0.3) is 10.9 Å². The van der Waals surface area contributed by atoms with Crippen LogP contribution in [0.4, 0.5) is 4.39 Å². The lowest BCUT2D eigenvalue weighted by atomic mass is 9.95. The number of aromatic nitrogens is 1. The molecule has 0 spiro atoms. The van der Waals surface area contributed by atoms with E-state index in [9.17, 15) is 4.39 Å². The average Bonchev–Trinajstić information content (AvgIpc) is 3.39. The number of morpholine rings is 1. The molecule has 158 valence electrons. The summed E-state index contributed by atoms with van der Waals surface area (Å²) in [7, 11) is 1.81. The van der Waals surface area contributed by atoms with Crippen LogP contribution in [0, 0.1) is 5.82 Å². The normalized spacial score (nSPS) is 23.6. The predicted octanol–water partition coefficient (Wildman–Crippen LogP) is 2.22. The minimum atomic E-state index is -0.202. The topological polar surface area (TPSA) is 64.7 Å². The molecule has 1 atom stereocenters. The Morgan fingerprint density at radius 2 is 2.21 bits per heavy atom. The van der Waals surface area contributed by atoms with Gasteiger partial charge in [0.1, 0.15) is 5.82 Å². The molecule has 29 heavy (non-hydrogen) atoms. The van der Waals surface area contributed by atoms with Crippen molar-refractivity contribution in [2.24, 2.45) is 4.99 Å². The van der Waals surface area contributed by atoms with Crippen molar-refractivity contribution in [3.05, 3.63) is 35.8 Å². The van der Waals surface area contributed by atoms with Gasteiger partial charge in [-0.2, -0.15) is 11.8 Å². The number of nitrogens with one attached hydrogen (secondary N) is 3. The molecule has 2 aliphatic heterocycles. The number of ether oxygens (including phenoxy) is 1. The zero-order chi connectivity index (χ0) is 20.1. The van der Waals surface area contributed by atoms with Crippen LogP contribution < -0.4 is 10.6 Å². The average molecular weight is 420 g/mol. The number of aromatic amines is 1. The maximum absolute atomic E-state index is 13.6. The van der Waals surface area contributed by atoms with E-state index in [1.165, 1.54) is 18.2 Å². The SMILES string of the molecule is CN=C(NCCc1c[nH]c2ccc(F)cc12)NCC1(N2CCOCC2)CCSC1. The number of rotatable bonds is 6. The molecule has 0 radical (unpaired) electrons. The van der Waals surface area contributed by atoms with E-state index in [0.29, 0.717) is 0 Å². The fourth-order valence-corrected chi connectivity index (χ4v) is 5.75. The highest BCUT2D eigenvalue weighted by Crippen LogP contribution is 2.33. The van der Waals surface area contributed by atoms with E-state index < -0.39 is 0 Å².